The van der Waals surface area contributed by atoms with Crippen molar-refractivity contribution in [2.24, 2.45) is 0 Å². The Morgan fingerprint density at radius 2 is 1.58 bits per heavy atom. The number of hydrogen-bond acceptors (Lipinski definition) is 3. The maximum absolute atomic E-state index is 12.5. The van der Waals surface area contributed by atoms with Crippen molar-refractivity contribution in [1.29, 1.82) is 0 Å². The minimum absolute atomic E-state index is 0.00951. The van der Waals surface area contributed by atoms with Crippen molar-refractivity contribution in [2.75, 3.05) is 19.7 Å². The highest BCUT2D eigenvalue weighted by Crippen LogP contribution is 2.24. The van der Waals surface area contributed by atoms with Crippen molar-refractivity contribution in [2.45, 2.75) is 57.0 Å². The molecule has 6 nitrogen and oxygen atoms in total. The Morgan fingerprint density at radius 1 is 0.903 bits per heavy atom. The van der Waals surface area contributed by atoms with E-state index < -0.39 is 0 Å². The number of likely N-dealkylation sites (tertiary alicyclic amines) is 1. The molecule has 31 heavy (non-hydrogen) atoms. The molecule has 7 heteroatoms. The maximum atomic E-state index is 12.5. The Hall–Kier alpha value is -2.28. The fourth-order valence-corrected chi connectivity index (χ4v) is 4.82. The molecule has 2 fully saturated rings. The number of carbonyl (C=O) groups excluding carboxylic acids is 2. The van der Waals surface area contributed by atoms with Crippen LogP contribution >= 0.6 is 15.9 Å². The zero-order valence-corrected chi connectivity index (χ0v) is 19.3. The number of benzene rings is 2. The molecular weight excluding hydrogens is 458 g/mol. The number of amides is 3. The molecule has 1 aliphatic carbocycles. The van der Waals surface area contributed by atoms with E-state index in [9.17, 15) is 9.59 Å². The molecule has 0 aromatic heterocycles. The Morgan fingerprint density at radius 3 is 2.35 bits per heavy atom. The van der Waals surface area contributed by atoms with Crippen LogP contribution in [0.4, 0.5) is 4.79 Å². The van der Waals surface area contributed by atoms with Crippen LogP contribution < -0.4 is 15.4 Å². The van der Waals surface area contributed by atoms with Gasteiger partial charge >= 0.3 is 6.03 Å². The molecule has 0 bridgehead atoms. The van der Waals surface area contributed by atoms with Gasteiger partial charge in [0.2, 0.25) is 0 Å². The van der Waals surface area contributed by atoms with Crippen molar-refractivity contribution < 1.29 is 14.3 Å². The summed E-state index contributed by atoms with van der Waals surface area (Å²) in [5.41, 5.74) is 0. The SMILES string of the molecule is O=C(COc1ccc2cc(Br)ccc2c1)NC1CCN(C(=O)NC2CCCCC2)CC1. The third-order valence-corrected chi connectivity index (χ3v) is 6.72. The molecule has 1 heterocycles. The molecule has 3 amide bonds. The monoisotopic (exact) mass is 487 g/mol. The van der Waals surface area contributed by atoms with E-state index in [1.54, 1.807) is 0 Å². The van der Waals surface area contributed by atoms with Crippen LogP contribution in [0.25, 0.3) is 10.8 Å². The molecule has 4 rings (SSSR count). The van der Waals surface area contributed by atoms with Gasteiger partial charge in [0.1, 0.15) is 5.75 Å². The minimum Gasteiger partial charge on any atom is -0.484 e. The fourth-order valence-electron chi connectivity index (χ4n) is 4.44. The number of urea groups is 1. The first-order chi connectivity index (χ1) is 15.1. The molecule has 0 unspecified atom stereocenters. The normalized spacial score (nSPS) is 18.0. The van der Waals surface area contributed by atoms with E-state index >= 15 is 0 Å². The van der Waals surface area contributed by atoms with Crippen LogP contribution in [0, 0.1) is 0 Å². The Bertz CT molecular complexity index is 921. The van der Waals surface area contributed by atoms with Gasteiger partial charge in [0, 0.05) is 29.6 Å². The van der Waals surface area contributed by atoms with Gasteiger partial charge in [0.15, 0.2) is 6.61 Å². The molecule has 2 aliphatic rings. The fraction of sp³-hybridized carbons (Fsp3) is 0.500. The highest BCUT2D eigenvalue weighted by Gasteiger charge is 2.25. The zero-order valence-electron chi connectivity index (χ0n) is 17.7. The van der Waals surface area contributed by atoms with E-state index in [1.807, 2.05) is 41.3 Å². The van der Waals surface area contributed by atoms with Gasteiger partial charge in [-0.1, -0.05) is 47.3 Å². The number of rotatable bonds is 5. The Balaban J connectivity index is 1.18. The molecule has 2 N–H and O–H groups in total. The van der Waals surface area contributed by atoms with Crippen LogP contribution in [0.5, 0.6) is 5.75 Å². The lowest BCUT2D eigenvalue weighted by Crippen LogP contribution is -2.51. The molecule has 1 saturated carbocycles. The van der Waals surface area contributed by atoms with E-state index in [1.165, 1.54) is 19.3 Å². The zero-order chi connectivity index (χ0) is 21.6. The molecule has 0 spiro atoms. The van der Waals surface area contributed by atoms with Crippen LogP contribution in [0.15, 0.2) is 40.9 Å². The predicted molar refractivity (Wildman–Crippen MR) is 125 cm³/mol. The summed E-state index contributed by atoms with van der Waals surface area (Å²) in [5, 5.41) is 8.41. The molecule has 2 aromatic rings. The second kappa shape index (κ2) is 10.4. The van der Waals surface area contributed by atoms with Gasteiger partial charge in [0.05, 0.1) is 0 Å². The second-order valence-electron chi connectivity index (χ2n) is 8.56. The van der Waals surface area contributed by atoms with E-state index in [0.717, 1.165) is 40.9 Å². The van der Waals surface area contributed by atoms with E-state index in [-0.39, 0.29) is 24.6 Å². The number of ether oxygens (including phenoxy) is 1. The smallest absolute Gasteiger partial charge is 0.317 e. The number of fused-ring (bicyclic) bond motifs is 1. The van der Waals surface area contributed by atoms with Gasteiger partial charge in [-0.3, -0.25) is 4.79 Å². The lowest BCUT2D eigenvalue weighted by Gasteiger charge is -2.34. The van der Waals surface area contributed by atoms with Gasteiger partial charge in [0.25, 0.3) is 5.91 Å². The lowest BCUT2D eigenvalue weighted by atomic mass is 9.95. The molecular formula is C24H30BrN3O3. The number of hydrogen-bond donors (Lipinski definition) is 2. The quantitative estimate of drug-likeness (QED) is 0.646. The lowest BCUT2D eigenvalue weighted by molar-refractivity contribution is -0.124. The number of carbonyl (C=O) groups is 2. The van der Waals surface area contributed by atoms with Crippen molar-refractivity contribution >= 4 is 38.6 Å². The van der Waals surface area contributed by atoms with Gasteiger partial charge in [-0.25, -0.2) is 4.79 Å². The largest absolute Gasteiger partial charge is 0.484 e. The average Bonchev–Trinajstić information content (AvgIpc) is 2.79. The Labute approximate surface area is 191 Å². The van der Waals surface area contributed by atoms with Crippen LogP contribution in [0.2, 0.25) is 0 Å². The van der Waals surface area contributed by atoms with E-state index in [0.29, 0.717) is 24.9 Å². The summed E-state index contributed by atoms with van der Waals surface area (Å²) in [6.07, 6.45) is 7.42. The summed E-state index contributed by atoms with van der Waals surface area (Å²) in [6, 6.07) is 12.3. The number of nitrogens with zero attached hydrogens (tertiary/aromatic N) is 1. The maximum Gasteiger partial charge on any atom is 0.317 e. The van der Waals surface area contributed by atoms with Crippen molar-refractivity contribution in [3.05, 3.63) is 40.9 Å². The summed E-state index contributed by atoms with van der Waals surface area (Å²) >= 11 is 3.47. The van der Waals surface area contributed by atoms with E-state index in [4.69, 9.17) is 4.74 Å². The number of nitrogens with one attached hydrogen (secondary N) is 2. The number of piperidine rings is 1. The molecule has 1 saturated heterocycles. The summed E-state index contributed by atoms with van der Waals surface area (Å²) < 4.78 is 6.73. The summed E-state index contributed by atoms with van der Waals surface area (Å²) in [4.78, 5) is 26.7. The van der Waals surface area contributed by atoms with Crippen molar-refractivity contribution in [3.63, 3.8) is 0 Å². The highest BCUT2D eigenvalue weighted by atomic mass is 79.9. The first-order valence-corrected chi connectivity index (χ1v) is 12.0. The number of halogens is 1. The van der Waals surface area contributed by atoms with Crippen LogP contribution in [0.3, 0.4) is 0 Å². The highest BCUT2D eigenvalue weighted by molar-refractivity contribution is 9.10. The van der Waals surface area contributed by atoms with Gasteiger partial charge in [-0.15, -0.1) is 0 Å². The first-order valence-electron chi connectivity index (χ1n) is 11.2. The van der Waals surface area contributed by atoms with Gasteiger partial charge in [-0.05, 0) is 60.7 Å². The molecule has 166 valence electrons. The van der Waals surface area contributed by atoms with E-state index in [2.05, 4.69) is 26.6 Å². The predicted octanol–water partition coefficient (Wildman–Crippen LogP) is 4.60. The Kier molecular flexibility index (Phi) is 7.33. The van der Waals surface area contributed by atoms with Crippen LogP contribution in [-0.4, -0.2) is 48.6 Å². The topological polar surface area (TPSA) is 70.7 Å². The van der Waals surface area contributed by atoms with Gasteiger partial charge in [-0.2, -0.15) is 0 Å². The van der Waals surface area contributed by atoms with Crippen LogP contribution in [0.1, 0.15) is 44.9 Å². The standard InChI is InChI=1S/C24H30BrN3O3/c25-19-8-6-18-15-22(9-7-17(18)14-19)31-16-23(29)26-21-10-12-28(13-11-21)24(30)27-20-4-2-1-3-5-20/h6-9,14-15,20-21H,1-5,10-13,16H2,(H,26,29)(H,27,30). The van der Waals surface area contributed by atoms with Crippen molar-refractivity contribution in [3.8, 4) is 5.75 Å². The molecule has 0 radical (unpaired) electrons. The van der Waals surface area contributed by atoms with Crippen LogP contribution in [-0.2, 0) is 4.79 Å². The van der Waals surface area contributed by atoms with Gasteiger partial charge < -0.3 is 20.3 Å². The summed E-state index contributed by atoms with van der Waals surface area (Å²) in [6.45, 7) is 1.33. The van der Waals surface area contributed by atoms with Crippen molar-refractivity contribution in [1.82, 2.24) is 15.5 Å². The molecule has 2 aromatic carbocycles. The second-order valence-corrected chi connectivity index (χ2v) is 9.47. The summed E-state index contributed by atoms with van der Waals surface area (Å²) in [5.74, 6) is 0.556. The average molecular weight is 488 g/mol. The molecule has 0 atom stereocenters. The third-order valence-electron chi connectivity index (χ3n) is 6.22. The summed E-state index contributed by atoms with van der Waals surface area (Å²) in [7, 11) is 0. The minimum atomic E-state index is -0.124. The molecule has 1 aliphatic heterocycles. The third kappa shape index (κ3) is 6.12. The first kappa shape index (κ1) is 21.9.